The topological polar surface area (TPSA) is 53.5 Å². The van der Waals surface area contributed by atoms with Crippen LogP contribution in [-0.4, -0.2) is 47.6 Å². The Hall–Kier alpha value is -3.18. The number of hydrogen-bond donors (Lipinski definition) is 0. The van der Waals surface area contributed by atoms with E-state index in [-0.39, 0.29) is 16.6 Å². The molecule has 5 rings (SSSR count). The summed E-state index contributed by atoms with van der Waals surface area (Å²) in [7, 11) is 0. The highest BCUT2D eigenvalue weighted by atomic mass is 35.5. The summed E-state index contributed by atoms with van der Waals surface area (Å²) in [6, 6.07) is 17.1. The van der Waals surface area contributed by atoms with Crippen LogP contribution in [0.3, 0.4) is 0 Å². The zero-order valence-corrected chi connectivity index (χ0v) is 17.3. The zero-order chi connectivity index (χ0) is 20.8. The van der Waals surface area contributed by atoms with Crippen LogP contribution < -0.4 is 4.90 Å². The number of nitrogens with zero attached hydrogens (tertiary/aromatic N) is 3. The molecule has 1 aliphatic carbocycles. The van der Waals surface area contributed by atoms with E-state index >= 15 is 0 Å². The van der Waals surface area contributed by atoms with E-state index in [1.807, 2.05) is 30.0 Å². The lowest BCUT2D eigenvalue weighted by atomic mass is 9.91. The molecule has 0 saturated carbocycles. The first-order chi connectivity index (χ1) is 14.5. The molecular weight excluding hydrogens is 398 g/mol. The van der Waals surface area contributed by atoms with Gasteiger partial charge in [-0.25, -0.2) is 0 Å². The Morgan fingerprint density at radius 1 is 0.833 bits per heavy atom. The monoisotopic (exact) mass is 417 g/mol. The fraction of sp³-hybridized carbons (Fsp3) is 0.208. The van der Waals surface area contributed by atoms with E-state index in [0.717, 1.165) is 35.4 Å². The molecule has 2 aliphatic rings. The van der Waals surface area contributed by atoms with Crippen molar-refractivity contribution in [3.63, 3.8) is 0 Å². The summed E-state index contributed by atoms with van der Waals surface area (Å²) in [5.74, 6) is -0.450. The van der Waals surface area contributed by atoms with Crippen molar-refractivity contribution in [2.45, 2.75) is 6.92 Å². The van der Waals surface area contributed by atoms with E-state index in [4.69, 9.17) is 11.6 Å². The minimum Gasteiger partial charge on any atom is -0.367 e. The van der Waals surface area contributed by atoms with Gasteiger partial charge in [0.15, 0.2) is 0 Å². The molecule has 1 aliphatic heterocycles. The molecule has 0 unspecified atom stereocenters. The Balaban J connectivity index is 1.43. The lowest BCUT2D eigenvalue weighted by molar-refractivity contribution is 0.0945. The van der Waals surface area contributed by atoms with Gasteiger partial charge < -0.3 is 9.80 Å². The van der Waals surface area contributed by atoms with Crippen molar-refractivity contribution in [2.24, 2.45) is 0 Å². The largest absolute Gasteiger partial charge is 0.367 e. The molecule has 2 heterocycles. The molecule has 3 aromatic rings. The molecule has 1 fully saturated rings. The lowest BCUT2D eigenvalue weighted by Gasteiger charge is -2.39. The Kier molecular flexibility index (Phi) is 4.55. The van der Waals surface area contributed by atoms with Crippen LogP contribution in [-0.2, 0) is 0 Å². The molecule has 0 spiro atoms. The number of aromatic nitrogens is 1. The van der Waals surface area contributed by atoms with Gasteiger partial charge in [-0.1, -0.05) is 54.1 Å². The fourth-order valence-electron chi connectivity index (χ4n) is 4.33. The maximum Gasteiger partial charge on any atom is 0.211 e. The SMILES string of the molecule is Cc1cc(N2CCN(C3=C(Cl)C(=O)c4ccccc4C3=O)CC2)c2ccccc2n1. The van der Waals surface area contributed by atoms with Gasteiger partial charge in [0, 0.05) is 54.1 Å². The zero-order valence-electron chi connectivity index (χ0n) is 16.6. The average Bonchev–Trinajstić information content (AvgIpc) is 2.77. The summed E-state index contributed by atoms with van der Waals surface area (Å²) in [6.07, 6.45) is 0. The van der Waals surface area contributed by atoms with Gasteiger partial charge >= 0.3 is 0 Å². The highest BCUT2D eigenvalue weighted by Crippen LogP contribution is 2.32. The molecule has 1 aromatic heterocycles. The number of ketones is 2. The first-order valence-electron chi connectivity index (χ1n) is 9.99. The molecule has 30 heavy (non-hydrogen) atoms. The summed E-state index contributed by atoms with van der Waals surface area (Å²) < 4.78 is 0. The predicted molar refractivity (Wildman–Crippen MR) is 118 cm³/mol. The number of carbonyl (C=O) groups excluding carboxylic acids is 2. The standard InChI is InChI=1S/C24H20ClN3O2/c1-15-14-20(18-8-4-5-9-19(18)26-15)27-10-12-28(13-11-27)22-21(25)23(29)16-6-2-3-7-17(16)24(22)30/h2-9,14H,10-13H2,1H3. The van der Waals surface area contributed by atoms with Crippen LogP contribution in [0.15, 0.2) is 65.3 Å². The number of pyridine rings is 1. The maximum absolute atomic E-state index is 13.1. The third kappa shape index (κ3) is 2.97. The Morgan fingerprint density at radius 2 is 1.43 bits per heavy atom. The van der Waals surface area contributed by atoms with Gasteiger partial charge in [0.25, 0.3) is 0 Å². The van der Waals surface area contributed by atoms with Crippen molar-refractivity contribution in [2.75, 3.05) is 31.1 Å². The normalized spacial score (nSPS) is 17.0. The molecule has 150 valence electrons. The predicted octanol–water partition coefficient (Wildman–Crippen LogP) is 4.19. The van der Waals surface area contributed by atoms with Crippen molar-refractivity contribution in [3.8, 4) is 0 Å². The summed E-state index contributed by atoms with van der Waals surface area (Å²) in [5.41, 5.74) is 4.24. The molecule has 0 radical (unpaired) electrons. The quantitative estimate of drug-likeness (QED) is 0.625. The number of hydrogen-bond acceptors (Lipinski definition) is 5. The van der Waals surface area contributed by atoms with Crippen LogP contribution in [0, 0.1) is 6.92 Å². The van der Waals surface area contributed by atoms with Gasteiger partial charge in [0.1, 0.15) is 10.7 Å². The Labute approximate surface area is 179 Å². The molecule has 1 saturated heterocycles. The lowest BCUT2D eigenvalue weighted by Crippen LogP contribution is -2.48. The van der Waals surface area contributed by atoms with Crippen LogP contribution in [0.4, 0.5) is 5.69 Å². The Morgan fingerprint density at radius 3 is 2.17 bits per heavy atom. The first-order valence-corrected chi connectivity index (χ1v) is 10.4. The van der Waals surface area contributed by atoms with Crippen LogP contribution in [0.25, 0.3) is 10.9 Å². The summed E-state index contributed by atoms with van der Waals surface area (Å²) in [5, 5.41) is 1.14. The molecule has 5 nitrogen and oxygen atoms in total. The van der Waals surface area contributed by atoms with E-state index in [9.17, 15) is 9.59 Å². The van der Waals surface area contributed by atoms with Gasteiger partial charge in [-0.05, 0) is 19.1 Å². The fourth-order valence-corrected chi connectivity index (χ4v) is 4.64. The van der Waals surface area contributed by atoms with Gasteiger partial charge in [-0.15, -0.1) is 0 Å². The smallest absolute Gasteiger partial charge is 0.211 e. The number of allylic oxidation sites excluding steroid dienone is 2. The number of benzene rings is 2. The number of fused-ring (bicyclic) bond motifs is 2. The van der Waals surface area contributed by atoms with Gasteiger partial charge in [-0.2, -0.15) is 0 Å². The molecule has 0 amide bonds. The summed E-state index contributed by atoms with van der Waals surface area (Å²) >= 11 is 6.39. The summed E-state index contributed by atoms with van der Waals surface area (Å²) in [4.78, 5) is 34.7. The van der Waals surface area contributed by atoms with E-state index < -0.39 is 0 Å². The molecule has 0 atom stereocenters. The third-order valence-electron chi connectivity index (χ3n) is 5.80. The highest BCUT2D eigenvalue weighted by molar-refractivity contribution is 6.49. The van der Waals surface area contributed by atoms with Crippen molar-refractivity contribution < 1.29 is 9.59 Å². The maximum atomic E-state index is 13.1. The number of para-hydroxylation sites is 1. The van der Waals surface area contributed by atoms with E-state index in [1.165, 1.54) is 0 Å². The van der Waals surface area contributed by atoms with Crippen LogP contribution >= 0.6 is 11.6 Å². The van der Waals surface area contributed by atoms with Gasteiger partial charge in [0.05, 0.1) is 5.52 Å². The van der Waals surface area contributed by atoms with Gasteiger partial charge in [0.2, 0.25) is 11.6 Å². The van der Waals surface area contributed by atoms with Crippen LogP contribution in [0.5, 0.6) is 0 Å². The number of anilines is 1. The number of carbonyl (C=O) groups is 2. The van der Waals surface area contributed by atoms with Crippen molar-refractivity contribution in [1.29, 1.82) is 0 Å². The van der Waals surface area contributed by atoms with E-state index in [1.54, 1.807) is 24.3 Å². The van der Waals surface area contributed by atoms with Crippen LogP contribution in [0.2, 0.25) is 0 Å². The highest BCUT2D eigenvalue weighted by Gasteiger charge is 2.35. The van der Waals surface area contributed by atoms with Crippen molar-refractivity contribution in [1.82, 2.24) is 9.88 Å². The second-order valence-electron chi connectivity index (χ2n) is 7.64. The van der Waals surface area contributed by atoms with E-state index in [0.29, 0.717) is 29.9 Å². The Bertz CT molecular complexity index is 1230. The third-order valence-corrected chi connectivity index (χ3v) is 6.15. The number of halogens is 1. The second-order valence-corrected chi connectivity index (χ2v) is 8.02. The number of piperazine rings is 1. The van der Waals surface area contributed by atoms with Crippen LogP contribution in [0.1, 0.15) is 26.4 Å². The molecule has 6 heteroatoms. The molecule has 0 N–H and O–H groups in total. The van der Waals surface area contributed by atoms with Crippen molar-refractivity contribution in [3.05, 3.63) is 82.1 Å². The average molecular weight is 418 g/mol. The minimum atomic E-state index is -0.278. The summed E-state index contributed by atoms with van der Waals surface area (Å²) in [6.45, 7) is 4.68. The number of Topliss-reactive ketones (excluding diaryl/α,β-unsaturated/α-hetero) is 2. The minimum absolute atomic E-state index is 0.0253. The molecule has 0 bridgehead atoms. The van der Waals surface area contributed by atoms with Gasteiger partial charge in [-0.3, -0.25) is 14.6 Å². The number of aryl methyl sites for hydroxylation is 1. The molecular formula is C24H20ClN3O2. The molecule has 2 aromatic carbocycles. The van der Waals surface area contributed by atoms with Crippen molar-refractivity contribution >= 4 is 39.8 Å². The first kappa shape index (κ1) is 18.8. The second kappa shape index (κ2) is 7.26. The van der Waals surface area contributed by atoms with E-state index in [2.05, 4.69) is 22.0 Å². The number of rotatable bonds is 2.